The first kappa shape index (κ1) is 18.2. The van der Waals surface area contributed by atoms with E-state index in [1.54, 1.807) is 7.11 Å². The summed E-state index contributed by atoms with van der Waals surface area (Å²) in [7, 11) is 0.239. The molecule has 0 aromatic heterocycles. The minimum atomic E-state index is -1.38. The number of fused-ring (bicyclic) bond motifs is 1. The number of rotatable bonds is 5. The van der Waals surface area contributed by atoms with Gasteiger partial charge in [-0.15, -0.1) is 0 Å². The number of hydrogen-bond acceptors (Lipinski definition) is 2. The quantitative estimate of drug-likeness (QED) is 0.384. The molecule has 0 amide bonds. The molecule has 0 aliphatic carbocycles. The topological polar surface area (TPSA) is 26.3 Å². The van der Waals surface area contributed by atoms with Crippen LogP contribution >= 0.6 is 0 Å². The molecule has 4 aromatic carbocycles. The fraction of sp³-hybridized carbons (Fsp3) is 0.0400. The molecule has 4 rings (SSSR count). The lowest BCUT2D eigenvalue weighted by molar-refractivity contribution is 0.405. The van der Waals surface area contributed by atoms with Crippen molar-refractivity contribution in [2.75, 3.05) is 7.11 Å². The Morgan fingerprint density at radius 2 is 1.46 bits per heavy atom. The normalized spacial score (nSPS) is 12.3. The molecule has 0 saturated heterocycles. The predicted molar refractivity (Wildman–Crippen MR) is 117 cm³/mol. The minimum absolute atomic E-state index is 0.638. The lowest BCUT2D eigenvalue weighted by Gasteiger charge is -2.13. The zero-order valence-corrected chi connectivity index (χ0v) is 16.4. The van der Waals surface area contributed by atoms with Gasteiger partial charge in [0.1, 0.15) is 5.75 Å². The maximum Gasteiger partial charge on any atom is 0.136 e. The Balaban J connectivity index is 1.82. The highest BCUT2D eigenvalue weighted by molar-refractivity contribution is 7.85. The fourth-order valence-electron chi connectivity index (χ4n) is 3.22. The summed E-state index contributed by atoms with van der Waals surface area (Å²) in [6.07, 6.45) is 4.05. The average Bonchev–Trinajstić information content (AvgIpc) is 2.77. The Kier molecular flexibility index (Phi) is 5.36. The van der Waals surface area contributed by atoms with E-state index in [-0.39, 0.29) is 0 Å². The molecule has 28 heavy (non-hydrogen) atoms. The molecule has 0 spiro atoms. The van der Waals surface area contributed by atoms with Gasteiger partial charge in [-0.3, -0.25) is 0 Å². The van der Waals surface area contributed by atoms with Gasteiger partial charge in [-0.1, -0.05) is 91.0 Å². The van der Waals surface area contributed by atoms with Crippen LogP contribution in [-0.2, 0) is 10.8 Å². The molecule has 0 bridgehead atoms. The third-order valence-corrected chi connectivity index (χ3v) is 6.19. The second-order valence-corrected chi connectivity index (χ2v) is 7.75. The van der Waals surface area contributed by atoms with Crippen molar-refractivity contribution in [3.05, 3.63) is 102 Å². The van der Waals surface area contributed by atoms with Gasteiger partial charge in [0.2, 0.25) is 0 Å². The van der Waals surface area contributed by atoms with Gasteiger partial charge >= 0.3 is 0 Å². The van der Waals surface area contributed by atoms with E-state index >= 15 is 0 Å². The second-order valence-electron chi connectivity index (χ2n) is 6.37. The zero-order chi connectivity index (χ0) is 19.3. The van der Waals surface area contributed by atoms with Crippen LogP contribution in [0.15, 0.2) is 101 Å². The number of benzene rings is 4. The first-order valence-corrected chi connectivity index (χ1v) is 10.2. The molecule has 0 heterocycles. The predicted octanol–water partition coefficient (Wildman–Crippen LogP) is 6.19. The van der Waals surface area contributed by atoms with E-state index in [1.807, 2.05) is 103 Å². The molecule has 2 nitrogen and oxygen atoms in total. The smallest absolute Gasteiger partial charge is 0.136 e. The summed E-state index contributed by atoms with van der Waals surface area (Å²) in [4.78, 5) is 1.48. The second kappa shape index (κ2) is 8.24. The highest BCUT2D eigenvalue weighted by atomic mass is 32.2. The molecule has 0 aliphatic heterocycles. The summed E-state index contributed by atoms with van der Waals surface area (Å²) in [6, 6.07) is 29.7. The Bertz CT molecular complexity index is 1160. The largest absolute Gasteiger partial charge is 0.495 e. The molecule has 0 saturated carbocycles. The van der Waals surface area contributed by atoms with Gasteiger partial charge in [0.15, 0.2) is 0 Å². The molecule has 3 heteroatoms. The van der Waals surface area contributed by atoms with Gasteiger partial charge in [0.25, 0.3) is 0 Å². The van der Waals surface area contributed by atoms with Crippen molar-refractivity contribution in [3.8, 4) is 5.75 Å². The van der Waals surface area contributed by atoms with Gasteiger partial charge < -0.3 is 4.74 Å². The number of methoxy groups -OCH3 is 1. The molecule has 4 aromatic rings. The first-order valence-electron chi connectivity index (χ1n) is 9.07. The molecule has 0 N–H and O–H groups in total. The van der Waals surface area contributed by atoms with Gasteiger partial charge in [-0.2, -0.15) is 0 Å². The van der Waals surface area contributed by atoms with E-state index in [0.29, 0.717) is 10.6 Å². The minimum Gasteiger partial charge on any atom is -0.495 e. The highest BCUT2D eigenvalue weighted by Gasteiger charge is 2.18. The van der Waals surface area contributed by atoms with Crippen LogP contribution in [0.25, 0.3) is 22.9 Å². The molecular formula is C25H20O2S. The van der Waals surface area contributed by atoms with E-state index in [2.05, 4.69) is 0 Å². The van der Waals surface area contributed by atoms with Crippen molar-refractivity contribution in [2.45, 2.75) is 9.79 Å². The maximum atomic E-state index is 13.7. The SMILES string of the molecule is COc1ccc2ccccc2c1[S@](=O)c1ccccc1/C=C/c1ccccc1. The van der Waals surface area contributed by atoms with Crippen molar-refractivity contribution in [2.24, 2.45) is 0 Å². The van der Waals surface area contributed by atoms with Crippen molar-refractivity contribution in [3.63, 3.8) is 0 Å². The molecule has 0 unspecified atom stereocenters. The standard InChI is InChI=1S/C25H20O2S/c1-27-23-18-17-20-11-5-7-13-22(20)25(23)28(26)24-14-8-6-12-21(24)16-15-19-9-3-2-4-10-19/h2-18H,1H3/b16-15+/t28-/m1/s1. The Labute approximate surface area is 167 Å². The van der Waals surface area contributed by atoms with Gasteiger partial charge in [0.05, 0.1) is 27.7 Å². The Hall–Kier alpha value is -3.17. The summed E-state index contributed by atoms with van der Waals surface area (Å²) in [5.74, 6) is 0.638. The number of hydrogen-bond donors (Lipinski definition) is 0. The molecular weight excluding hydrogens is 364 g/mol. The van der Waals surface area contributed by atoms with Crippen LogP contribution in [-0.4, -0.2) is 11.3 Å². The van der Waals surface area contributed by atoms with Crippen LogP contribution in [0.1, 0.15) is 11.1 Å². The van der Waals surface area contributed by atoms with Crippen LogP contribution < -0.4 is 4.74 Å². The van der Waals surface area contributed by atoms with Gasteiger partial charge in [-0.25, -0.2) is 4.21 Å². The van der Waals surface area contributed by atoms with E-state index < -0.39 is 10.8 Å². The molecule has 138 valence electrons. The zero-order valence-electron chi connectivity index (χ0n) is 15.5. The first-order chi connectivity index (χ1) is 13.8. The summed E-state index contributed by atoms with van der Waals surface area (Å²) < 4.78 is 19.2. The molecule has 1 atom stereocenters. The summed E-state index contributed by atoms with van der Waals surface area (Å²) >= 11 is 0. The van der Waals surface area contributed by atoms with Crippen LogP contribution in [0.4, 0.5) is 0 Å². The van der Waals surface area contributed by atoms with Crippen molar-refractivity contribution in [1.82, 2.24) is 0 Å². The van der Waals surface area contributed by atoms with E-state index in [9.17, 15) is 4.21 Å². The molecule has 0 radical (unpaired) electrons. The van der Waals surface area contributed by atoms with Crippen LogP contribution in [0, 0.1) is 0 Å². The Morgan fingerprint density at radius 3 is 2.29 bits per heavy atom. The number of ether oxygens (including phenoxy) is 1. The van der Waals surface area contributed by atoms with Gasteiger partial charge in [-0.05, 0) is 28.6 Å². The van der Waals surface area contributed by atoms with E-state index in [1.165, 1.54) is 0 Å². The van der Waals surface area contributed by atoms with E-state index in [4.69, 9.17) is 4.74 Å². The maximum absolute atomic E-state index is 13.7. The third kappa shape index (κ3) is 3.62. The van der Waals surface area contributed by atoms with Crippen molar-refractivity contribution in [1.29, 1.82) is 0 Å². The monoisotopic (exact) mass is 384 g/mol. The summed E-state index contributed by atoms with van der Waals surface area (Å²) in [5.41, 5.74) is 2.03. The summed E-state index contributed by atoms with van der Waals surface area (Å²) in [6.45, 7) is 0. The van der Waals surface area contributed by atoms with Crippen LogP contribution in [0.5, 0.6) is 5.75 Å². The Morgan fingerprint density at radius 1 is 0.750 bits per heavy atom. The van der Waals surface area contributed by atoms with Crippen LogP contribution in [0.3, 0.4) is 0 Å². The molecule has 0 fully saturated rings. The third-order valence-electron chi connectivity index (χ3n) is 4.62. The fourth-order valence-corrected chi connectivity index (χ4v) is 4.71. The molecule has 0 aliphatic rings. The summed E-state index contributed by atoms with van der Waals surface area (Å²) in [5, 5.41) is 1.99. The van der Waals surface area contributed by atoms with Crippen molar-refractivity contribution < 1.29 is 8.95 Å². The van der Waals surface area contributed by atoms with Crippen LogP contribution in [0.2, 0.25) is 0 Å². The average molecular weight is 385 g/mol. The highest BCUT2D eigenvalue weighted by Crippen LogP contribution is 2.34. The lowest BCUT2D eigenvalue weighted by Crippen LogP contribution is -2.00. The van der Waals surface area contributed by atoms with E-state index in [0.717, 1.165) is 26.8 Å². The van der Waals surface area contributed by atoms with Crippen molar-refractivity contribution >= 4 is 33.7 Å². The lowest BCUT2D eigenvalue weighted by atomic mass is 10.1. The van der Waals surface area contributed by atoms with Gasteiger partial charge in [0, 0.05) is 5.39 Å².